The third-order valence-corrected chi connectivity index (χ3v) is 2.40. The van der Waals surface area contributed by atoms with E-state index in [9.17, 15) is 4.39 Å². The molecule has 0 bridgehead atoms. The highest BCUT2D eigenvalue weighted by molar-refractivity contribution is 6.31. The number of hydrogen-bond acceptors (Lipinski definition) is 2. The Kier molecular flexibility index (Phi) is 3.91. The van der Waals surface area contributed by atoms with Gasteiger partial charge in [0, 0.05) is 12.7 Å². The normalized spacial score (nSPS) is 12.0. The van der Waals surface area contributed by atoms with Gasteiger partial charge in [-0.15, -0.1) is 0 Å². The largest absolute Gasteiger partial charge is 0.365 e. The predicted octanol–water partition coefficient (Wildman–Crippen LogP) is 2.78. The van der Waals surface area contributed by atoms with Gasteiger partial charge in [0.05, 0.1) is 17.5 Å². The summed E-state index contributed by atoms with van der Waals surface area (Å²) in [5.74, 6) is -0.435. The molecule has 1 atom stereocenters. The molecule has 1 aromatic rings. The summed E-state index contributed by atoms with van der Waals surface area (Å²) < 4.78 is 12.9. The van der Waals surface area contributed by atoms with Gasteiger partial charge in [-0.25, -0.2) is 4.39 Å². The number of nitrogens with zero attached hydrogens (tertiary/aromatic N) is 1. The molecule has 1 unspecified atom stereocenters. The number of halogens is 2. The van der Waals surface area contributed by atoms with Crippen molar-refractivity contribution in [3.05, 3.63) is 29.0 Å². The Morgan fingerprint density at radius 3 is 2.80 bits per heavy atom. The summed E-state index contributed by atoms with van der Waals surface area (Å²) in [5.41, 5.74) is 0.725. The molecule has 1 aromatic carbocycles. The molecule has 3 nitrogen and oxygen atoms in total. The molecule has 0 spiro atoms. The lowest BCUT2D eigenvalue weighted by Gasteiger charge is -2.23. The maximum absolute atomic E-state index is 12.9. The Labute approximate surface area is 93.4 Å². The molecule has 0 aliphatic heterocycles. The maximum atomic E-state index is 12.9. The lowest BCUT2D eigenvalue weighted by atomic mass is 10.3. The Morgan fingerprint density at radius 2 is 2.27 bits per heavy atom. The van der Waals surface area contributed by atoms with Gasteiger partial charge in [0.15, 0.2) is 0 Å². The summed E-state index contributed by atoms with van der Waals surface area (Å²) in [4.78, 5) is 1.68. The van der Waals surface area contributed by atoms with E-state index < -0.39 is 5.82 Å². The van der Waals surface area contributed by atoms with Crippen LogP contribution in [0.15, 0.2) is 18.2 Å². The first-order chi connectivity index (χ1) is 7.04. The van der Waals surface area contributed by atoms with Crippen molar-refractivity contribution in [1.29, 1.82) is 5.41 Å². The van der Waals surface area contributed by atoms with E-state index in [-0.39, 0.29) is 11.2 Å². The van der Waals surface area contributed by atoms with E-state index in [1.165, 1.54) is 18.5 Å². The fourth-order valence-electron chi connectivity index (χ4n) is 1.04. The van der Waals surface area contributed by atoms with Crippen LogP contribution in [-0.2, 0) is 0 Å². The molecule has 0 heterocycles. The second kappa shape index (κ2) is 4.98. The van der Waals surface area contributed by atoms with E-state index in [2.05, 4.69) is 5.32 Å². The molecular formula is C10H13ClFN3. The summed E-state index contributed by atoms with van der Waals surface area (Å²) in [7, 11) is 1.77. The van der Waals surface area contributed by atoms with E-state index >= 15 is 0 Å². The van der Waals surface area contributed by atoms with Crippen molar-refractivity contribution in [2.24, 2.45) is 0 Å². The summed E-state index contributed by atoms with van der Waals surface area (Å²) in [6.45, 7) is 1.89. The van der Waals surface area contributed by atoms with E-state index in [1.807, 2.05) is 6.92 Å². The van der Waals surface area contributed by atoms with Gasteiger partial charge >= 0.3 is 0 Å². The molecule has 82 valence electrons. The van der Waals surface area contributed by atoms with Crippen LogP contribution in [0, 0.1) is 11.2 Å². The van der Waals surface area contributed by atoms with Gasteiger partial charge in [-0.05, 0) is 25.1 Å². The zero-order valence-electron chi connectivity index (χ0n) is 8.59. The average Bonchev–Trinajstić information content (AvgIpc) is 2.22. The van der Waals surface area contributed by atoms with Crippen LogP contribution < -0.4 is 5.32 Å². The minimum absolute atomic E-state index is 0.0518. The lowest BCUT2D eigenvalue weighted by Crippen LogP contribution is -2.34. The number of hydrogen-bond donors (Lipinski definition) is 2. The van der Waals surface area contributed by atoms with Crippen LogP contribution >= 0.6 is 11.6 Å². The standard InChI is InChI=1S/C10H13ClFN3/c1-7(15(2)6-13)14-8-3-4-10(12)9(11)5-8/h3-7,13-14H,1-2H3. The Morgan fingerprint density at radius 1 is 1.60 bits per heavy atom. The lowest BCUT2D eigenvalue weighted by molar-refractivity contribution is 0.437. The van der Waals surface area contributed by atoms with E-state index in [0.29, 0.717) is 0 Å². The van der Waals surface area contributed by atoms with Crippen LogP contribution in [0.3, 0.4) is 0 Å². The third-order valence-electron chi connectivity index (χ3n) is 2.11. The topological polar surface area (TPSA) is 39.1 Å². The van der Waals surface area contributed by atoms with Crippen molar-refractivity contribution in [2.45, 2.75) is 13.1 Å². The monoisotopic (exact) mass is 229 g/mol. The molecule has 5 heteroatoms. The summed E-state index contributed by atoms with van der Waals surface area (Å²) in [6, 6.07) is 4.43. The quantitative estimate of drug-likeness (QED) is 0.474. The van der Waals surface area contributed by atoms with Gasteiger partial charge in [-0.3, -0.25) is 5.41 Å². The molecule has 1 rings (SSSR count). The summed E-state index contributed by atoms with van der Waals surface area (Å²) in [6.07, 6.45) is 1.16. The van der Waals surface area contributed by atoms with Crippen molar-refractivity contribution in [1.82, 2.24) is 4.90 Å². The van der Waals surface area contributed by atoms with Gasteiger partial charge in [-0.2, -0.15) is 0 Å². The molecule has 0 saturated carbocycles. The van der Waals surface area contributed by atoms with Crippen LogP contribution in [0.5, 0.6) is 0 Å². The van der Waals surface area contributed by atoms with Gasteiger partial charge in [0.1, 0.15) is 5.82 Å². The van der Waals surface area contributed by atoms with Crippen LogP contribution in [0.1, 0.15) is 6.92 Å². The van der Waals surface area contributed by atoms with Crippen LogP contribution in [0.2, 0.25) is 5.02 Å². The number of rotatable bonds is 4. The van der Waals surface area contributed by atoms with Crippen LogP contribution in [0.4, 0.5) is 10.1 Å². The highest BCUT2D eigenvalue weighted by atomic mass is 35.5. The van der Waals surface area contributed by atoms with Crippen molar-refractivity contribution in [3.63, 3.8) is 0 Å². The molecular weight excluding hydrogens is 217 g/mol. The maximum Gasteiger partial charge on any atom is 0.141 e. The molecule has 0 radical (unpaired) electrons. The van der Waals surface area contributed by atoms with Crippen molar-refractivity contribution in [3.8, 4) is 0 Å². The summed E-state index contributed by atoms with van der Waals surface area (Å²) in [5, 5.41) is 10.2. The highest BCUT2D eigenvalue weighted by Crippen LogP contribution is 2.19. The van der Waals surface area contributed by atoms with Crippen molar-refractivity contribution in [2.75, 3.05) is 12.4 Å². The van der Waals surface area contributed by atoms with E-state index in [1.54, 1.807) is 18.0 Å². The number of benzene rings is 1. The minimum Gasteiger partial charge on any atom is -0.365 e. The Balaban J connectivity index is 2.72. The first kappa shape index (κ1) is 11.8. The van der Waals surface area contributed by atoms with Crippen molar-refractivity contribution >= 4 is 23.6 Å². The molecule has 0 saturated heterocycles. The zero-order valence-corrected chi connectivity index (χ0v) is 9.35. The molecule has 0 amide bonds. The summed E-state index contributed by atoms with van der Waals surface area (Å²) >= 11 is 5.64. The number of anilines is 1. The molecule has 0 fully saturated rings. The molecule has 0 aromatic heterocycles. The highest BCUT2D eigenvalue weighted by Gasteiger charge is 2.06. The first-order valence-electron chi connectivity index (χ1n) is 4.48. The smallest absolute Gasteiger partial charge is 0.141 e. The second-order valence-electron chi connectivity index (χ2n) is 3.24. The fourth-order valence-corrected chi connectivity index (χ4v) is 1.22. The first-order valence-corrected chi connectivity index (χ1v) is 4.86. The van der Waals surface area contributed by atoms with E-state index in [0.717, 1.165) is 5.69 Å². The Bertz CT molecular complexity index is 357. The predicted molar refractivity (Wildman–Crippen MR) is 61.0 cm³/mol. The Hall–Kier alpha value is -1.29. The molecule has 0 aliphatic rings. The van der Waals surface area contributed by atoms with Crippen molar-refractivity contribution < 1.29 is 4.39 Å². The zero-order chi connectivity index (χ0) is 11.4. The third kappa shape index (κ3) is 3.09. The second-order valence-corrected chi connectivity index (χ2v) is 3.65. The SMILES string of the molecule is CC(Nc1ccc(F)c(Cl)c1)N(C)C=N. The molecule has 0 aliphatic carbocycles. The van der Waals surface area contributed by atoms with Gasteiger partial charge in [-0.1, -0.05) is 11.6 Å². The van der Waals surface area contributed by atoms with Crippen LogP contribution in [0.25, 0.3) is 0 Å². The minimum atomic E-state index is -0.435. The molecule has 2 N–H and O–H groups in total. The van der Waals surface area contributed by atoms with Gasteiger partial charge in [0.2, 0.25) is 0 Å². The van der Waals surface area contributed by atoms with Gasteiger partial charge < -0.3 is 10.2 Å². The number of nitrogens with one attached hydrogen (secondary N) is 2. The van der Waals surface area contributed by atoms with Crippen LogP contribution in [-0.4, -0.2) is 24.5 Å². The molecule has 15 heavy (non-hydrogen) atoms. The van der Waals surface area contributed by atoms with Gasteiger partial charge in [0.25, 0.3) is 0 Å². The average molecular weight is 230 g/mol. The van der Waals surface area contributed by atoms with E-state index in [4.69, 9.17) is 17.0 Å². The fraction of sp³-hybridized carbons (Fsp3) is 0.300.